The Bertz CT molecular complexity index is 209. The van der Waals surface area contributed by atoms with Crippen molar-refractivity contribution in [2.45, 2.75) is 17.6 Å². The maximum atomic E-state index is 5.39. The predicted molar refractivity (Wildman–Crippen MR) is 46.6 cm³/mol. The second-order valence-corrected chi connectivity index (χ2v) is 4.63. The van der Waals surface area contributed by atoms with Gasteiger partial charge in [-0.15, -0.1) is 0 Å². The molecule has 0 unspecified atom stereocenters. The molecule has 0 aromatic carbocycles. The molecule has 1 aromatic rings. The molecular weight excluding hydrogens is 205 g/mol. The van der Waals surface area contributed by atoms with Gasteiger partial charge in [0.25, 0.3) is 0 Å². The molecule has 0 saturated carbocycles. The molecule has 0 atom stereocenters. The Balaban J connectivity index is 2.32. The summed E-state index contributed by atoms with van der Waals surface area (Å²) >= 11 is 0.634. The fraction of sp³-hybridized carbons (Fsp3) is 0.571. The molecule has 0 amide bonds. The molecule has 1 aromatic heterocycles. The van der Waals surface area contributed by atoms with Gasteiger partial charge < -0.3 is 0 Å². The number of rotatable bonds is 4. The van der Waals surface area contributed by atoms with Crippen molar-refractivity contribution in [3.05, 3.63) is 17.7 Å². The number of hydrogen-bond acceptors (Lipinski definition) is 2. The summed E-state index contributed by atoms with van der Waals surface area (Å²) in [6, 6.07) is 0. The molecule has 1 heterocycles. The van der Waals surface area contributed by atoms with Gasteiger partial charge in [-0.25, -0.2) is 0 Å². The quantitative estimate of drug-likeness (QED) is 0.564. The molecule has 11 heavy (non-hydrogen) atoms. The van der Waals surface area contributed by atoms with E-state index in [1.54, 1.807) is 6.33 Å². The molecule has 0 spiro atoms. The van der Waals surface area contributed by atoms with Crippen molar-refractivity contribution in [2.75, 3.05) is 6.54 Å². The Morgan fingerprint density at radius 3 is 3.09 bits per heavy atom. The van der Waals surface area contributed by atoms with Crippen molar-refractivity contribution in [1.29, 1.82) is 0 Å². The van der Waals surface area contributed by atoms with E-state index in [0.717, 1.165) is 17.2 Å². The van der Waals surface area contributed by atoms with Crippen LogP contribution in [0.5, 0.6) is 0 Å². The average molecular weight is 218 g/mol. The van der Waals surface area contributed by atoms with Crippen LogP contribution in [-0.2, 0) is 5.32 Å². The molecule has 0 aliphatic rings. The summed E-state index contributed by atoms with van der Waals surface area (Å²) in [6.07, 6.45) is 1.75. The average Bonchev–Trinajstić information content (AvgIpc) is 2.37. The summed E-state index contributed by atoms with van der Waals surface area (Å²) in [7, 11) is 0. The number of nitrogens with zero attached hydrogens (tertiary/aromatic N) is 1. The fourth-order valence-electron chi connectivity index (χ4n) is 0.785. The van der Waals surface area contributed by atoms with Gasteiger partial charge in [-0.1, -0.05) is 0 Å². The van der Waals surface area contributed by atoms with E-state index in [1.165, 1.54) is 11.4 Å². The third-order valence-electron chi connectivity index (χ3n) is 1.44. The van der Waals surface area contributed by atoms with Crippen molar-refractivity contribution in [3.63, 3.8) is 0 Å². The van der Waals surface area contributed by atoms with E-state index < -0.39 is 0 Å². The standard InChI is InChI=1S/C7H13N3Se/c1-6-7(10-5-9-6)4-11-3-2-8/h5H,2-4,8H2,1H3,(H,9,10). The van der Waals surface area contributed by atoms with Crippen molar-refractivity contribution >= 4 is 15.0 Å². The van der Waals surface area contributed by atoms with E-state index in [9.17, 15) is 0 Å². The van der Waals surface area contributed by atoms with E-state index in [1.807, 2.05) is 0 Å². The number of imidazole rings is 1. The van der Waals surface area contributed by atoms with Crippen molar-refractivity contribution < 1.29 is 0 Å². The van der Waals surface area contributed by atoms with E-state index in [4.69, 9.17) is 5.73 Å². The van der Waals surface area contributed by atoms with Crippen LogP contribution >= 0.6 is 0 Å². The van der Waals surface area contributed by atoms with Crippen LogP contribution in [0.4, 0.5) is 0 Å². The van der Waals surface area contributed by atoms with Gasteiger partial charge in [0, 0.05) is 0 Å². The molecule has 3 N–H and O–H groups in total. The van der Waals surface area contributed by atoms with Gasteiger partial charge in [-0.2, -0.15) is 0 Å². The van der Waals surface area contributed by atoms with Crippen LogP contribution in [0.15, 0.2) is 6.33 Å². The van der Waals surface area contributed by atoms with Crippen LogP contribution in [0.2, 0.25) is 5.32 Å². The Morgan fingerprint density at radius 1 is 1.73 bits per heavy atom. The van der Waals surface area contributed by atoms with Gasteiger partial charge in [-0.05, 0) is 0 Å². The van der Waals surface area contributed by atoms with Gasteiger partial charge in [0.15, 0.2) is 0 Å². The first-order valence-electron chi connectivity index (χ1n) is 3.61. The molecule has 0 aliphatic carbocycles. The van der Waals surface area contributed by atoms with E-state index in [2.05, 4.69) is 16.9 Å². The fourth-order valence-corrected chi connectivity index (χ4v) is 2.45. The van der Waals surface area contributed by atoms with E-state index >= 15 is 0 Å². The molecule has 0 saturated heterocycles. The van der Waals surface area contributed by atoms with Crippen LogP contribution in [0.3, 0.4) is 0 Å². The molecule has 1 rings (SSSR count). The Labute approximate surface area is 72.9 Å². The summed E-state index contributed by atoms with van der Waals surface area (Å²) in [5.41, 5.74) is 7.80. The third-order valence-corrected chi connectivity index (χ3v) is 3.54. The Kier molecular flexibility index (Phi) is 3.63. The number of aromatic amines is 1. The van der Waals surface area contributed by atoms with Gasteiger partial charge in [0.2, 0.25) is 0 Å². The predicted octanol–water partition coefficient (Wildman–Crippen LogP) is 0.299. The monoisotopic (exact) mass is 219 g/mol. The number of nitrogens with two attached hydrogens (primary N) is 1. The molecule has 4 heteroatoms. The third kappa shape index (κ3) is 2.66. The number of aromatic nitrogens is 2. The van der Waals surface area contributed by atoms with Crippen LogP contribution < -0.4 is 5.73 Å². The molecule has 0 fully saturated rings. The molecule has 0 bridgehead atoms. The van der Waals surface area contributed by atoms with Gasteiger partial charge in [-0.3, -0.25) is 0 Å². The van der Waals surface area contributed by atoms with Gasteiger partial charge >= 0.3 is 72.5 Å². The molecular formula is C7H13N3Se. The molecule has 0 aliphatic heterocycles. The van der Waals surface area contributed by atoms with Gasteiger partial charge in [0.1, 0.15) is 0 Å². The normalized spacial score (nSPS) is 10.4. The van der Waals surface area contributed by atoms with Crippen LogP contribution in [0.1, 0.15) is 11.4 Å². The maximum absolute atomic E-state index is 5.39. The summed E-state index contributed by atoms with van der Waals surface area (Å²) in [6.45, 7) is 2.87. The second kappa shape index (κ2) is 4.54. The zero-order valence-electron chi connectivity index (χ0n) is 6.63. The van der Waals surface area contributed by atoms with Crippen molar-refractivity contribution in [3.8, 4) is 0 Å². The Hall–Kier alpha value is -0.311. The minimum absolute atomic E-state index is 0.634. The topological polar surface area (TPSA) is 54.7 Å². The van der Waals surface area contributed by atoms with Crippen LogP contribution in [0.25, 0.3) is 0 Å². The molecule has 0 radical (unpaired) electrons. The summed E-state index contributed by atoms with van der Waals surface area (Å²) < 4.78 is 0. The SMILES string of the molecule is Cc1[nH]cnc1C[Se]CCN. The first-order chi connectivity index (χ1) is 5.34. The van der Waals surface area contributed by atoms with Crippen LogP contribution in [0, 0.1) is 6.92 Å². The molecule has 3 nitrogen and oxygen atoms in total. The minimum atomic E-state index is 0.634. The first-order valence-corrected chi connectivity index (χ1v) is 6.03. The second-order valence-electron chi connectivity index (χ2n) is 2.32. The van der Waals surface area contributed by atoms with Crippen LogP contribution in [-0.4, -0.2) is 31.5 Å². The summed E-state index contributed by atoms with van der Waals surface area (Å²) in [4.78, 5) is 7.27. The number of nitrogens with one attached hydrogen (secondary N) is 1. The first kappa shape index (κ1) is 8.78. The van der Waals surface area contributed by atoms with Crippen molar-refractivity contribution in [2.24, 2.45) is 5.73 Å². The Morgan fingerprint density at radius 2 is 2.55 bits per heavy atom. The van der Waals surface area contributed by atoms with E-state index in [0.29, 0.717) is 15.0 Å². The van der Waals surface area contributed by atoms with Crippen molar-refractivity contribution in [1.82, 2.24) is 9.97 Å². The zero-order valence-corrected chi connectivity index (χ0v) is 8.34. The number of hydrogen-bond donors (Lipinski definition) is 2. The number of aryl methyl sites for hydroxylation is 1. The summed E-state index contributed by atoms with van der Waals surface area (Å²) in [5.74, 6) is 0. The molecule has 62 valence electrons. The summed E-state index contributed by atoms with van der Waals surface area (Å²) in [5, 5.41) is 2.26. The zero-order chi connectivity index (χ0) is 8.10. The van der Waals surface area contributed by atoms with Gasteiger partial charge in [0.05, 0.1) is 0 Å². The van der Waals surface area contributed by atoms with E-state index in [-0.39, 0.29) is 0 Å². The number of H-pyrrole nitrogens is 1.